The van der Waals surface area contributed by atoms with Gasteiger partial charge in [-0.05, 0) is 44.9 Å². The van der Waals surface area contributed by atoms with Gasteiger partial charge in [0.05, 0.1) is 0 Å². The molecule has 0 saturated carbocycles. The third-order valence-corrected chi connectivity index (χ3v) is 5.70. The zero-order chi connectivity index (χ0) is 13.9. The van der Waals surface area contributed by atoms with Crippen LogP contribution >= 0.6 is 0 Å². The van der Waals surface area contributed by atoms with Crippen LogP contribution in [0.15, 0.2) is 29.4 Å². The fourth-order valence-corrected chi connectivity index (χ4v) is 3.98. The van der Waals surface area contributed by atoms with Crippen molar-refractivity contribution in [3.8, 4) is 0 Å². The first-order chi connectivity index (χ1) is 9.05. The van der Waals surface area contributed by atoms with E-state index in [0.717, 1.165) is 12.8 Å². The highest BCUT2D eigenvalue weighted by atomic mass is 32.2. The van der Waals surface area contributed by atoms with Crippen molar-refractivity contribution in [3.05, 3.63) is 24.5 Å². The molecule has 19 heavy (non-hydrogen) atoms. The average molecular weight is 283 g/mol. The van der Waals surface area contributed by atoms with Crippen LogP contribution in [0.3, 0.4) is 0 Å². The number of pyridine rings is 1. The molecule has 6 heteroatoms. The van der Waals surface area contributed by atoms with Crippen LogP contribution < -0.4 is 5.32 Å². The lowest BCUT2D eigenvalue weighted by Crippen LogP contribution is -2.45. The lowest BCUT2D eigenvalue weighted by Gasteiger charge is -2.34. The minimum atomic E-state index is -3.39. The van der Waals surface area contributed by atoms with Gasteiger partial charge in [-0.2, -0.15) is 4.31 Å². The summed E-state index contributed by atoms with van der Waals surface area (Å²) in [6.45, 7) is 3.29. The van der Waals surface area contributed by atoms with Gasteiger partial charge < -0.3 is 5.32 Å². The van der Waals surface area contributed by atoms with E-state index in [1.54, 1.807) is 22.6 Å². The number of nitrogens with zero attached hydrogens (tertiary/aromatic N) is 2. The lowest BCUT2D eigenvalue weighted by atomic mass is 9.93. The summed E-state index contributed by atoms with van der Waals surface area (Å²) in [5.41, 5.74) is 0. The van der Waals surface area contributed by atoms with Gasteiger partial charge in [0.25, 0.3) is 0 Å². The predicted octanol–water partition coefficient (Wildman–Crippen LogP) is 1.09. The molecule has 2 unspecified atom stereocenters. The molecule has 1 N–H and O–H groups in total. The zero-order valence-electron chi connectivity index (χ0n) is 11.4. The molecule has 0 amide bonds. The van der Waals surface area contributed by atoms with Crippen LogP contribution in [0.2, 0.25) is 0 Å². The van der Waals surface area contributed by atoms with Crippen LogP contribution in [0.4, 0.5) is 0 Å². The van der Waals surface area contributed by atoms with Crippen molar-refractivity contribution < 1.29 is 8.42 Å². The van der Waals surface area contributed by atoms with Crippen molar-refractivity contribution in [2.24, 2.45) is 5.92 Å². The molecular formula is C13H21N3O2S. The zero-order valence-corrected chi connectivity index (χ0v) is 12.2. The SMILES string of the molecule is CNC(C)C1CCCN(S(=O)(=O)c2cccnc2)C1. The van der Waals surface area contributed by atoms with E-state index >= 15 is 0 Å². The maximum Gasteiger partial charge on any atom is 0.244 e. The average Bonchev–Trinajstić information content (AvgIpc) is 2.47. The summed E-state index contributed by atoms with van der Waals surface area (Å²) in [6.07, 6.45) is 4.98. The molecule has 2 atom stereocenters. The molecule has 0 aromatic carbocycles. The molecule has 2 heterocycles. The second-order valence-corrected chi connectivity index (χ2v) is 6.97. The summed E-state index contributed by atoms with van der Waals surface area (Å²) in [4.78, 5) is 4.18. The van der Waals surface area contributed by atoms with E-state index in [0.29, 0.717) is 25.0 Å². The van der Waals surface area contributed by atoms with Gasteiger partial charge in [0.1, 0.15) is 4.90 Å². The van der Waals surface area contributed by atoms with Gasteiger partial charge in [0, 0.05) is 31.5 Å². The molecule has 1 aromatic heterocycles. The maximum atomic E-state index is 12.5. The first-order valence-corrected chi connectivity index (χ1v) is 8.07. The molecule has 0 bridgehead atoms. The van der Waals surface area contributed by atoms with E-state index in [9.17, 15) is 8.42 Å². The third-order valence-electron chi connectivity index (χ3n) is 3.86. The Morgan fingerprint density at radius 1 is 1.53 bits per heavy atom. The van der Waals surface area contributed by atoms with Crippen molar-refractivity contribution in [2.45, 2.75) is 30.7 Å². The van der Waals surface area contributed by atoms with Gasteiger partial charge in [0.15, 0.2) is 0 Å². The summed E-state index contributed by atoms with van der Waals surface area (Å²) in [5, 5.41) is 3.21. The monoisotopic (exact) mass is 283 g/mol. The Bertz CT molecular complexity index is 504. The van der Waals surface area contributed by atoms with Gasteiger partial charge in [-0.25, -0.2) is 8.42 Å². The topological polar surface area (TPSA) is 62.3 Å². The Hall–Kier alpha value is -0.980. The van der Waals surface area contributed by atoms with Crippen LogP contribution in [-0.2, 0) is 10.0 Å². The second-order valence-electron chi connectivity index (χ2n) is 5.03. The summed E-state index contributed by atoms with van der Waals surface area (Å²) >= 11 is 0. The number of aromatic nitrogens is 1. The van der Waals surface area contributed by atoms with Gasteiger partial charge in [-0.1, -0.05) is 0 Å². The van der Waals surface area contributed by atoms with Crippen molar-refractivity contribution in [2.75, 3.05) is 20.1 Å². The Kier molecular flexibility index (Phi) is 4.54. The standard InChI is InChI=1S/C13H21N3O2S/c1-11(14-2)12-5-4-8-16(10-12)19(17,18)13-6-3-7-15-9-13/h3,6-7,9,11-12,14H,4-5,8,10H2,1-2H3. The lowest BCUT2D eigenvalue weighted by molar-refractivity contribution is 0.229. The van der Waals surface area contributed by atoms with E-state index in [2.05, 4.69) is 17.2 Å². The largest absolute Gasteiger partial charge is 0.317 e. The van der Waals surface area contributed by atoms with E-state index in [1.807, 2.05) is 7.05 Å². The van der Waals surface area contributed by atoms with Crippen molar-refractivity contribution in [1.82, 2.24) is 14.6 Å². The highest BCUT2D eigenvalue weighted by Gasteiger charge is 2.32. The van der Waals surface area contributed by atoms with Crippen molar-refractivity contribution in [3.63, 3.8) is 0 Å². The molecule has 1 fully saturated rings. The molecule has 2 rings (SSSR count). The molecule has 0 aliphatic carbocycles. The molecule has 1 aromatic rings. The molecule has 106 valence electrons. The third kappa shape index (κ3) is 3.13. The first kappa shape index (κ1) is 14.4. The summed E-state index contributed by atoms with van der Waals surface area (Å²) in [6, 6.07) is 3.59. The minimum Gasteiger partial charge on any atom is -0.317 e. The molecular weight excluding hydrogens is 262 g/mol. The van der Waals surface area contributed by atoms with Crippen LogP contribution in [0, 0.1) is 5.92 Å². The number of nitrogens with one attached hydrogen (secondary N) is 1. The number of rotatable bonds is 4. The highest BCUT2D eigenvalue weighted by Crippen LogP contribution is 2.25. The van der Waals surface area contributed by atoms with Gasteiger partial charge in [-0.15, -0.1) is 0 Å². The van der Waals surface area contributed by atoms with Crippen molar-refractivity contribution in [1.29, 1.82) is 0 Å². The molecule has 0 radical (unpaired) electrons. The molecule has 1 aliphatic heterocycles. The van der Waals surface area contributed by atoms with Crippen LogP contribution in [0.25, 0.3) is 0 Å². The second kappa shape index (κ2) is 5.98. The summed E-state index contributed by atoms with van der Waals surface area (Å²) in [5.74, 6) is 0.366. The molecule has 0 spiro atoms. The minimum absolute atomic E-state index is 0.285. The number of piperidine rings is 1. The number of hydrogen-bond donors (Lipinski definition) is 1. The Morgan fingerprint density at radius 2 is 2.32 bits per heavy atom. The first-order valence-electron chi connectivity index (χ1n) is 6.63. The summed E-state index contributed by atoms with van der Waals surface area (Å²) < 4.78 is 26.6. The Balaban J connectivity index is 2.17. The van der Waals surface area contributed by atoms with Gasteiger partial charge in [0.2, 0.25) is 10.0 Å². The molecule has 5 nitrogen and oxygen atoms in total. The van der Waals surface area contributed by atoms with Crippen molar-refractivity contribution >= 4 is 10.0 Å². The van der Waals surface area contributed by atoms with Crippen LogP contribution in [-0.4, -0.2) is 43.9 Å². The van der Waals surface area contributed by atoms with Gasteiger partial charge >= 0.3 is 0 Å². The van der Waals surface area contributed by atoms with E-state index < -0.39 is 10.0 Å². The number of hydrogen-bond acceptors (Lipinski definition) is 4. The van der Waals surface area contributed by atoms with E-state index in [4.69, 9.17) is 0 Å². The smallest absolute Gasteiger partial charge is 0.244 e. The van der Waals surface area contributed by atoms with Crippen LogP contribution in [0.1, 0.15) is 19.8 Å². The highest BCUT2D eigenvalue weighted by molar-refractivity contribution is 7.89. The molecule has 1 saturated heterocycles. The Morgan fingerprint density at radius 3 is 2.95 bits per heavy atom. The normalized spacial score (nSPS) is 23.2. The predicted molar refractivity (Wildman–Crippen MR) is 74.2 cm³/mol. The fourth-order valence-electron chi connectivity index (χ4n) is 2.48. The van der Waals surface area contributed by atoms with E-state index in [-0.39, 0.29) is 4.90 Å². The Labute approximate surface area is 115 Å². The quantitative estimate of drug-likeness (QED) is 0.898. The fraction of sp³-hybridized carbons (Fsp3) is 0.615. The number of sulfonamides is 1. The summed E-state index contributed by atoms with van der Waals surface area (Å²) in [7, 11) is -1.48. The van der Waals surface area contributed by atoms with Crippen LogP contribution in [0.5, 0.6) is 0 Å². The molecule has 1 aliphatic rings. The van der Waals surface area contributed by atoms with Gasteiger partial charge in [-0.3, -0.25) is 4.98 Å². The maximum absolute atomic E-state index is 12.5. The van der Waals surface area contributed by atoms with E-state index in [1.165, 1.54) is 6.20 Å².